The third-order valence-corrected chi connectivity index (χ3v) is 4.63. The molecular weight excluding hydrogens is 266 g/mol. The summed E-state index contributed by atoms with van der Waals surface area (Å²) in [4.78, 5) is 7.21. The maximum atomic E-state index is 6.12. The summed E-state index contributed by atoms with van der Waals surface area (Å²) in [7, 11) is 0. The smallest absolute Gasteiger partial charge is 0.201 e. The number of benzene rings is 1. The van der Waals surface area contributed by atoms with Gasteiger partial charge in [-0.1, -0.05) is 6.07 Å². The summed E-state index contributed by atoms with van der Waals surface area (Å²) >= 11 is 1.85. The van der Waals surface area contributed by atoms with Crippen molar-refractivity contribution in [3.63, 3.8) is 0 Å². The first-order chi connectivity index (χ1) is 9.54. The highest BCUT2D eigenvalue weighted by Crippen LogP contribution is 2.27. The Morgan fingerprint density at radius 1 is 1.25 bits per heavy atom. The molecule has 0 saturated heterocycles. The molecule has 20 heavy (non-hydrogen) atoms. The van der Waals surface area contributed by atoms with Gasteiger partial charge in [0, 0.05) is 22.2 Å². The molecule has 4 heteroatoms. The number of fused-ring (bicyclic) bond motifs is 1. The van der Waals surface area contributed by atoms with E-state index < -0.39 is 0 Å². The van der Waals surface area contributed by atoms with Crippen LogP contribution in [0.25, 0.3) is 11.0 Å². The Bertz CT molecular complexity index is 754. The summed E-state index contributed by atoms with van der Waals surface area (Å²) in [6, 6.07) is 11.0. The van der Waals surface area contributed by atoms with Gasteiger partial charge in [-0.15, -0.1) is 11.3 Å². The molecule has 0 bridgehead atoms. The van der Waals surface area contributed by atoms with Crippen molar-refractivity contribution >= 4 is 28.3 Å². The van der Waals surface area contributed by atoms with Gasteiger partial charge in [0.05, 0.1) is 11.0 Å². The highest BCUT2D eigenvalue weighted by molar-refractivity contribution is 7.11. The fourth-order valence-electron chi connectivity index (χ4n) is 2.66. The molecule has 0 radical (unpaired) electrons. The Labute approximate surface area is 123 Å². The van der Waals surface area contributed by atoms with Crippen LogP contribution in [0.2, 0.25) is 0 Å². The van der Waals surface area contributed by atoms with Crippen LogP contribution in [0.5, 0.6) is 0 Å². The van der Waals surface area contributed by atoms with Gasteiger partial charge in [-0.2, -0.15) is 0 Å². The van der Waals surface area contributed by atoms with E-state index in [0.717, 1.165) is 17.5 Å². The normalized spacial score (nSPS) is 12.9. The number of imidazole rings is 1. The number of anilines is 1. The van der Waals surface area contributed by atoms with Crippen LogP contribution in [-0.2, 0) is 6.42 Å². The van der Waals surface area contributed by atoms with Crippen molar-refractivity contribution in [1.29, 1.82) is 0 Å². The van der Waals surface area contributed by atoms with Crippen LogP contribution in [0.4, 0.5) is 5.95 Å². The third kappa shape index (κ3) is 2.31. The number of hydrogen-bond acceptors (Lipinski definition) is 3. The summed E-state index contributed by atoms with van der Waals surface area (Å²) in [5, 5.41) is 0. The first kappa shape index (κ1) is 13.2. The molecule has 0 spiro atoms. The number of hydrogen-bond donors (Lipinski definition) is 1. The van der Waals surface area contributed by atoms with Crippen molar-refractivity contribution in [2.24, 2.45) is 0 Å². The largest absolute Gasteiger partial charge is 0.369 e. The van der Waals surface area contributed by atoms with Crippen LogP contribution in [0.1, 0.15) is 28.3 Å². The lowest BCUT2D eigenvalue weighted by molar-refractivity contribution is 0.571. The molecule has 1 atom stereocenters. The zero-order valence-electron chi connectivity index (χ0n) is 12.1. The molecule has 1 unspecified atom stereocenters. The van der Waals surface area contributed by atoms with Crippen LogP contribution in [0.15, 0.2) is 30.3 Å². The lowest BCUT2D eigenvalue weighted by atomic mass is 10.1. The third-order valence-electron chi connectivity index (χ3n) is 3.61. The monoisotopic (exact) mass is 285 g/mol. The van der Waals surface area contributed by atoms with E-state index in [1.54, 1.807) is 0 Å². The average molecular weight is 285 g/mol. The molecular formula is C16H19N3S. The quantitative estimate of drug-likeness (QED) is 0.787. The van der Waals surface area contributed by atoms with Crippen LogP contribution in [0, 0.1) is 13.8 Å². The number of rotatable bonds is 3. The number of aryl methyl sites for hydroxylation is 2. The van der Waals surface area contributed by atoms with Gasteiger partial charge >= 0.3 is 0 Å². The molecule has 2 N–H and O–H groups in total. The van der Waals surface area contributed by atoms with E-state index in [4.69, 9.17) is 5.73 Å². The summed E-state index contributed by atoms with van der Waals surface area (Å²) < 4.78 is 2.15. The molecule has 2 heterocycles. The van der Waals surface area contributed by atoms with Crippen LogP contribution in [-0.4, -0.2) is 9.55 Å². The number of thiophene rings is 1. The van der Waals surface area contributed by atoms with Crippen molar-refractivity contribution in [2.75, 3.05) is 5.73 Å². The van der Waals surface area contributed by atoms with Gasteiger partial charge in [0.15, 0.2) is 0 Å². The van der Waals surface area contributed by atoms with Gasteiger partial charge in [-0.3, -0.25) is 0 Å². The fourth-order valence-corrected chi connectivity index (χ4v) is 3.67. The minimum absolute atomic E-state index is 0.305. The molecule has 104 valence electrons. The average Bonchev–Trinajstić information content (AvgIpc) is 2.91. The van der Waals surface area contributed by atoms with Crippen molar-refractivity contribution in [1.82, 2.24) is 9.55 Å². The molecule has 0 aliphatic heterocycles. The molecule has 0 fully saturated rings. The second kappa shape index (κ2) is 4.94. The van der Waals surface area contributed by atoms with E-state index in [1.807, 2.05) is 17.4 Å². The minimum atomic E-state index is 0.305. The molecule has 3 nitrogen and oxygen atoms in total. The summed E-state index contributed by atoms with van der Waals surface area (Å²) in [6.07, 6.45) is 0.988. The van der Waals surface area contributed by atoms with Gasteiger partial charge in [-0.25, -0.2) is 4.98 Å². The minimum Gasteiger partial charge on any atom is -0.369 e. The van der Waals surface area contributed by atoms with E-state index in [1.165, 1.54) is 15.3 Å². The first-order valence-corrected chi connectivity index (χ1v) is 7.65. The van der Waals surface area contributed by atoms with E-state index in [2.05, 4.69) is 54.6 Å². The second-order valence-corrected chi connectivity index (χ2v) is 6.77. The molecule has 2 aromatic heterocycles. The summed E-state index contributed by atoms with van der Waals surface area (Å²) in [6.45, 7) is 6.44. The Balaban J connectivity index is 2.00. The number of nitrogens with two attached hydrogens (primary N) is 1. The van der Waals surface area contributed by atoms with Crippen LogP contribution in [0.3, 0.4) is 0 Å². The SMILES string of the molecule is Cc1ccc2nc(N)n(C(C)Cc3ccc(C)s3)c2c1. The maximum absolute atomic E-state index is 6.12. The molecule has 0 saturated carbocycles. The molecule has 0 aliphatic rings. The molecule has 3 aromatic rings. The first-order valence-electron chi connectivity index (χ1n) is 6.84. The Morgan fingerprint density at radius 2 is 2.05 bits per heavy atom. The van der Waals surface area contributed by atoms with E-state index in [9.17, 15) is 0 Å². The second-order valence-electron chi connectivity index (χ2n) is 5.40. The number of nitrogen functional groups attached to an aromatic ring is 1. The van der Waals surface area contributed by atoms with Gasteiger partial charge in [0.25, 0.3) is 0 Å². The lowest BCUT2D eigenvalue weighted by Crippen LogP contribution is -2.10. The van der Waals surface area contributed by atoms with Crippen LogP contribution >= 0.6 is 11.3 Å². The molecule has 1 aromatic carbocycles. The Hall–Kier alpha value is -1.81. The predicted octanol–water partition coefficient (Wildman–Crippen LogP) is 4.10. The Morgan fingerprint density at radius 3 is 2.75 bits per heavy atom. The van der Waals surface area contributed by atoms with Gasteiger partial charge in [-0.05, 0) is 50.6 Å². The molecule has 3 rings (SSSR count). The highest BCUT2D eigenvalue weighted by atomic mass is 32.1. The maximum Gasteiger partial charge on any atom is 0.201 e. The highest BCUT2D eigenvalue weighted by Gasteiger charge is 2.15. The lowest BCUT2D eigenvalue weighted by Gasteiger charge is -2.15. The van der Waals surface area contributed by atoms with Crippen molar-refractivity contribution < 1.29 is 0 Å². The zero-order valence-corrected chi connectivity index (χ0v) is 12.9. The van der Waals surface area contributed by atoms with E-state index >= 15 is 0 Å². The predicted molar refractivity (Wildman–Crippen MR) is 86.4 cm³/mol. The number of nitrogens with zero attached hydrogens (tertiary/aromatic N) is 2. The summed E-state index contributed by atoms with van der Waals surface area (Å²) in [5.74, 6) is 0.603. The molecule has 0 aliphatic carbocycles. The summed E-state index contributed by atoms with van der Waals surface area (Å²) in [5.41, 5.74) is 9.45. The van der Waals surface area contributed by atoms with Crippen molar-refractivity contribution in [2.45, 2.75) is 33.2 Å². The van der Waals surface area contributed by atoms with Crippen molar-refractivity contribution in [3.8, 4) is 0 Å². The van der Waals surface area contributed by atoms with E-state index in [0.29, 0.717) is 12.0 Å². The van der Waals surface area contributed by atoms with Gasteiger partial charge in [0.2, 0.25) is 5.95 Å². The van der Waals surface area contributed by atoms with Crippen molar-refractivity contribution in [3.05, 3.63) is 45.6 Å². The zero-order chi connectivity index (χ0) is 14.3. The van der Waals surface area contributed by atoms with Gasteiger partial charge < -0.3 is 10.3 Å². The van der Waals surface area contributed by atoms with Crippen LogP contribution < -0.4 is 5.73 Å². The molecule has 0 amide bonds. The fraction of sp³-hybridized carbons (Fsp3) is 0.312. The standard InChI is InChI=1S/C16H19N3S/c1-10-4-7-14-15(8-10)19(16(17)18-14)11(2)9-13-6-5-12(3)20-13/h4-8,11H,9H2,1-3H3,(H2,17,18). The number of aromatic nitrogens is 2. The Kier molecular flexibility index (Phi) is 3.26. The van der Waals surface area contributed by atoms with Gasteiger partial charge in [0.1, 0.15) is 0 Å². The van der Waals surface area contributed by atoms with E-state index in [-0.39, 0.29) is 0 Å². The topological polar surface area (TPSA) is 43.8 Å².